The molecule has 2 aliphatic rings. The van der Waals surface area contributed by atoms with Gasteiger partial charge in [-0.1, -0.05) is 81.4 Å². The SMILES string of the molecule is CC(=O)N[C@@H]1[C@@H](OS(=O)(=O)O)[C@H](O[C@@H]2O[C@H](C(=O)O)[C@@H](O)[C@H](O)[C@H]2O)[C@@H](CO[Si](c2ccccc2)(c2ccccc2)C(C)(C)C)O[C@@H]1O. The third-order valence-electron chi connectivity index (χ3n) is 8.25. The van der Waals surface area contributed by atoms with Gasteiger partial charge in [0.1, 0.15) is 42.7 Å². The second-order valence-corrected chi connectivity index (χ2v) is 17.9. The van der Waals surface area contributed by atoms with Crippen LogP contribution >= 0.6 is 0 Å². The Morgan fingerprint density at radius 1 is 0.875 bits per heavy atom. The number of carbonyl (C=O) groups is 2. The fourth-order valence-electron chi connectivity index (χ4n) is 6.15. The van der Waals surface area contributed by atoms with E-state index in [1.54, 1.807) is 0 Å². The summed E-state index contributed by atoms with van der Waals surface area (Å²) in [5.41, 5.74) is 0. The summed E-state index contributed by atoms with van der Waals surface area (Å²) in [6.45, 7) is 6.53. The molecule has 0 aliphatic carbocycles. The summed E-state index contributed by atoms with van der Waals surface area (Å²) in [6, 6.07) is 16.9. The Labute approximate surface area is 278 Å². The van der Waals surface area contributed by atoms with Crippen molar-refractivity contribution in [3.05, 3.63) is 60.7 Å². The molecule has 2 aromatic carbocycles. The van der Waals surface area contributed by atoms with Gasteiger partial charge in [-0.05, 0) is 15.4 Å². The molecule has 0 spiro atoms. The van der Waals surface area contributed by atoms with Crippen LogP contribution in [0.4, 0.5) is 0 Å². The van der Waals surface area contributed by atoms with Crippen molar-refractivity contribution in [2.24, 2.45) is 0 Å². The lowest BCUT2D eigenvalue weighted by atomic mass is 9.95. The first-order valence-electron chi connectivity index (χ1n) is 15.0. The average molecular weight is 716 g/mol. The maximum atomic E-state index is 12.1. The van der Waals surface area contributed by atoms with Crippen LogP contribution in [0.2, 0.25) is 5.04 Å². The lowest BCUT2D eigenvalue weighted by Crippen LogP contribution is -2.70. The molecule has 48 heavy (non-hydrogen) atoms. The number of carbonyl (C=O) groups excluding carboxylic acids is 1. The van der Waals surface area contributed by atoms with E-state index >= 15 is 0 Å². The Bertz CT molecular complexity index is 1470. The number of hydrogen-bond donors (Lipinski definition) is 7. The molecule has 0 saturated carbocycles. The molecule has 1 amide bonds. The number of carboxylic acids is 1. The van der Waals surface area contributed by atoms with Gasteiger partial charge in [0.25, 0.3) is 8.32 Å². The van der Waals surface area contributed by atoms with Gasteiger partial charge in [0, 0.05) is 6.92 Å². The van der Waals surface area contributed by atoms with Crippen molar-refractivity contribution < 1.29 is 70.9 Å². The fraction of sp³-hybridized carbons (Fsp3) is 0.533. The molecular formula is C30H41NO15SSi. The van der Waals surface area contributed by atoms with E-state index in [0.717, 1.165) is 17.3 Å². The third-order valence-corrected chi connectivity index (χ3v) is 13.7. The zero-order valence-corrected chi connectivity index (χ0v) is 28.3. The minimum atomic E-state index is -5.34. The maximum Gasteiger partial charge on any atom is 0.397 e. The van der Waals surface area contributed by atoms with E-state index < -0.39 is 104 Å². The molecule has 16 nitrogen and oxygen atoms in total. The molecule has 0 bridgehead atoms. The van der Waals surface area contributed by atoms with Crippen molar-refractivity contribution in [2.75, 3.05) is 6.61 Å². The molecule has 2 aromatic rings. The van der Waals surface area contributed by atoms with E-state index in [-0.39, 0.29) is 0 Å². The van der Waals surface area contributed by atoms with Gasteiger partial charge in [-0.3, -0.25) is 9.35 Å². The van der Waals surface area contributed by atoms with Crippen LogP contribution in [0.15, 0.2) is 60.7 Å². The van der Waals surface area contributed by atoms with E-state index in [1.807, 2.05) is 81.4 Å². The van der Waals surface area contributed by atoms with Crippen molar-refractivity contribution in [2.45, 2.75) is 94.1 Å². The fourth-order valence-corrected chi connectivity index (χ4v) is 11.2. The number of ether oxygens (including phenoxy) is 3. The van der Waals surface area contributed by atoms with Crippen molar-refractivity contribution in [1.29, 1.82) is 0 Å². The molecule has 2 aliphatic heterocycles. The monoisotopic (exact) mass is 715 g/mol. The number of benzene rings is 2. The van der Waals surface area contributed by atoms with Crippen molar-refractivity contribution >= 4 is 41.0 Å². The van der Waals surface area contributed by atoms with Gasteiger partial charge in [-0.2, -0.15) is 8.42 Å². The first-order chi connectivity index (χ1) is 22.4. The van der Waals surface area contributed by atoms with Crippen LogP contribution in [-0.2, 0) is 42.8 Å². The second kappa shape index (κ2) is 14.9. The van der Waals surface area contributed by atoms with Crippen molar-refractivity contribution in [1.82, 2.24) is 5.32 Å². The molecule has 18 heteroatoms. The second-order valence-electron chi connectivity index (χ2n) is 12.6. The van der Waals surface area contributed by atoms with Crippen LogP contribution in [-0.4, -0.2) is 127 Å². The quantitative estimate of drug-likeness (QED) is 0.101. The largest absolute Gasteiger partial charge is 0.479 e. The van der Waals surface area contributed by atoms with Crippen LogP contribution in [0.5, 0.6) is 0 Å². The van der Waals surface area contributed by atoms with Crippen LogP contribution in [0, 0.1) is 0 Å². The van der Waals surface area contributed by atoms with Crippen LogP contribution in [0.1, 0.15) is 27.7 Å². The van der Waals surface area contributed by atoms with Gasteiger partial charge < -0.3 is 49.5 Å². The van der Waals surface area contributed by atoms with Gasteiger partial charge in [-0.15, -0.1) is 0 Å². The summed E-state index contributed by atoms with van der Waals surface area (Å²) in [6.07, 6.45) is -17.7. The van der Waals surface area contributed by atoms with E-state index in [2.05, 4.69) is 5.32 Å². The highest BCUT2D eigenvalue weighted by Gasteiger charge is 2.56. The lowest BCUT2D eigenvalue weighted by molar-refractivity contribution is -0.338. The molecule has 4 rings (SSSR count). The summed E-state index contributed by atoms with van der Waals surface area (Å²) >= 11 is 0. The highest BCUT2D eigenvalue weighted by molar-refractivity contribution is 7.80. The number of nitrogens with one attached hydrogen (secondary N) is 1. The Balaban J connectivity index is 1.82. The molecular weight excluding hydrogens is 674 g/mol. The van der Waals surface area contributed by atoms with Gasteiger partial charge in [0.15, 0.2) is 18.7 Å². The summed E-state index contributed by atoms with van der Waals surface area (Å²) in [5, 5.41) is 55.3. The predicted octanol–water partition coefficient (Wildman–Crippen LogP) is -1.75. The predicted molar refractivity (Wildman–Crippen MR) is 168 cm³/mol. The summed E-state index contributed by atoms with van der Waals surface area (Å²) in [7, 11) is -8.68. The van der Waals surface area contributed by atoms with Crippen molar-refractivity contribution in [3.8, 4) is 0 Å². The molecule has 2 fully saturated rings. The van der Waals surface area contributed by atoms with Gasteiger partial charge in [-0.25, -0.2) is 8.98 Å². The van der Waals surface area contributed by atoms with E-state index in [1.165, 1.54) is 0 Å². The highest BCUT2D eigenvalue weighted by atomic mass is 32.3. The average Bonchev–Trinajstić information content (AvgIpc) is 3.00. The number of rotatable bonds is 11. The normalized spacial score (nSPS) is 31.6. The number of aliphatic hydroxyl groups excluding tert-OH is 4. The number of aliphatic carboxylic acids is 1. The van der Waals surface area contributed by atoms with E-state index in [9.17, 15) is 48.1 Å². The molecule has 0 radical (unpaired) electrons. The summed E-state index contributed by atoms with van der Waals surface area (Å²) < 4.78 is 62.7. The molecule has 2 saturated heterocycles. The van der Waals surface area contributed by atoms with E-state index in [4.69, 9.17) is 22.8 Å². The van der Waals surface area contributed by atoms with Gasteiger partial charge >= 0.3 is 16.4 Å². The van der Waals surface area contributed by atoms with Crippen LogP contribution < -0.4 is 15.7 Å². The first kappa shape index (κ1) is 38.0. The van der Waals surface area contributed by atoms with Gasteiger partial charge in [0.05, 0.1) is 6.61 Å². The standard InChI is InChI=1S/C30H41NO15SSi/c1-16(32)31-20-25(46-47(39,40)41)24(44-29-23(35)21(33)22(34)26(45-29)27(36)37)19(43-28(20)38)15-42-48(30(2,3)4,17-11-7-5-8-12-17)18-13-9-6-10-14-18/h5-14,19-26,28-29,33-35,38H,15H2,1-4H3,(H,31,32)(H,36,37)(H,39,40,41)/t19-,20-,21+,22+,23-,24-,25-,26+,28+,29-/m1/s1. The number of carboxylic acid groups (broad SMARTS) is 1. The van der Waals surface area contributed by atoms with E-state index in [0.29, 0.717) is 0 Å². The Hall–Kier alpha value is -2.85. The Morgan fingerprint density at radius 3 is 1.88 bits per heavy atom. The van der Waals surface area contributed by atoms with Crippen LogP contribution in [0.25, 0.3) is 0 Å². The summed E-state index contributed by atoms with van der Waals surface area (Å²) in [4.78, 5) is 23.9. The third kappa shape index (κ3) is 8.12. The molecule has 266 valence electrons. The first-order valence-corrected chi connectivity index (χ1v) is 18.2. The Kier molecular flexibility index (Phi) is 11.8. The summed E-state index contributed by atoms with van der Waals surface area (Å²) in [5.74, 6) is -2.49. The minimum Gasteiger partial charge on any atom is -0.479 e. The zero-order chi connectivity index (χ0) is 35.6. The number of amides is 1. The highest BCUT2D eigenvalue weighted by Crippen LogP contribution is 2.38. The number of hydrogen-bond acceptors (Lipinski definition) is 13. The maximum absolute atomic E-state index is 12.1. The zero-order valence-electron chi connectivity index (χ0n) is 26.5. The topological polar surface area (TPSA) is 248 Å². The van der Waals surface area contributed by atoms with Gasteiger partial charge in [0.2, 0.25) is 5.91 Å². The van der Waals surface area contributed by atoms with Crippen LogP contribution in [0.3, 0.4) is 0 Å². The number of aliphatic hydroxyl groups is 4. The lowest BCUT2D eigenvalue weighted by Gasteiger charge is -2.48. The smallest absolute Gasteiger partial charge is 0.397 e. The molecule has 7 N–H and O–H groups in total. The molecule has 2 heterocycles. The minimum absolute atomic E-state index is 0.455. The Morgan fingerprint density at radius 2 is 1.42 bits per heavy atom. The molecule has 0 unspecified atom stereocenters. The molecule has 10 atom stereocenters. The van der Waals surface area contributed by atoms with Crippen molar-refractivity contribution in [3.63, 3.8) is 0 Å². The molecule has 0 aromatic heterocycles.